The van der Waals surface area contributed by atoms with E-state index < -0.39 is 0 Å². The largest absolute Gasteiger partial charge is 0.491 e. The van der Waals surface area contributed by atoms with Gasteiger partial charge in [0.15, 0.2) is 0 Å². The summed E-state index contributed by atoms with van der Waals surface area (Å²) in [6.07, 6.45) is 2.64. The average Bonchev–Trinajstić information content (AvgIpc) is 2.92. The van der Waals surface area contributed by atoms with E-state index in [1.165, 1.54) is 31.5 Å². The number of benzene rings is 1. The molecule has 1 aromatic carbocycles. The van der Waals surface area contributed by atoms with Gasteiger partial charge in [-0.05, 0) is 50.2 Å². The lowest BCUT2D eigenvalue weighted by atomic mass is 10.2. The van der Waals surface area contributed by atoms with Crippen molar-refractivity contribution in [1.82, 2.24) is 10.2 Å². The van der Waals surface area contributed by atoms with E-state index in [-0.39, 0.29) is 0 Å². The first kappa shape index (κ1) is 14.6. The Labute approximate surface area is 120 Å². The molecule has 0 atom stereocenters. The van der Waals surface area contributed by atoms with Crippen LogP contribution in [0.5, 0.6) is 5.75 Å². The molecule has 0 aromatic heterocycles. The van der Waals surface area contributed by atoms with Crippen LogP contribution in [0.25, 0.3) is 0 Å². The zero-order valence-electron chi connectivity index (χ0n) is 11.6. The molecule has 1 aliphatic rings. The molecule has 0 aliphatic carbocycles. The van der Waals surface area contributed by atoms with Crippen molar-refractivity contribution < 1.29 is 4.74 Å². The van der Waals surface area contributed by atoms with Gasteiger partial charge in [0.1, 0.15) is 12.4 Å². The van der Waals surface area contributed by atoms with Crippen molar-refractivity contribution in [3.05, 3.63) is 28.8 Å². The van der Waals surface area contributed by atoms with E-state index in [2.05, 4.69) is 23.2 Å². The Morgan fingerprint density at radius 2 is 2.11 bits per heavy atom. The second-order valence-electron chi connectivity index (χ2n) is 4.94. The molecule has 1 N–H and O–H groups in total. The summed E-state index contributed by atoms with van der Waals surface area (Å²) in [6, 6.07) is 6.02. The Balaban J connectivity index is 1.79. The van der Waals surface area contributed by atoms with Crippen molar-refractivity contribution >= 4 is 11.6 Å². The van der Waals surface area contributed by atoms with Crippen molar-refractivity contribution in [2.45, 2.75) is 26.3 Å². The number of halogens is 1. The lowest BCUT2D eigenvalue weighted by Gasteiger charge is -2.15. The SMILES string of the molecule is CCNCc1ccc(OCCN2CCCC2)c(Cl)c1. The van der Waals surface area contributed by atoms with E-state index in [1.807, 2.05) is 12.1 Å². The van der Waals surface area contributed by atoms with Gasteiger partial charge in [-0.25, -0.2) is 0 Å². The highest BCUT2D eigenvalue weighted by atomic mass is 35.5. The molecule has 0 saturated carbocycles. The predicted octanol–water partition coefficient (Wildman–Crippen LogP) is 2.92. The minimum absolute atomic E-state index is 0.705. The summed E-state index contributed by atoms with van der Waals surface area (Å²) in [6.45, 7) is 8.03. The molecule has 1 saturated heterocycles. The van der Waals surface area contributed by atoms with Gasteiger partial charge in [-0.3, -0.25) is 4.90 Å². The van der Waals surface area contributed by atoms with Crippen LogP contribution in [0.1, 0.15) is 25.3 Å². The van der Waals surface area contributed by atoms with Gasteiger partial charge in [-0.1, -0.05) is 24.6 Å². The van der Waals surface area contributed by atoms with E-state index in [9.17, 15) is 0 Å². The minimum atomic E-state index is 0.705. The third-order valence-electron chi connectivity index (χ3n) is 3.44. The normalized spacial score (nSPS) is 15.9. The minimum Gasteiger partial charge on any atom is -0.491 e. The Hall–Kier alpha value is -0.770. The molecule has 1 heterocycles. The average molecular weight is 283 g/mol. The number of hydrogen-bond acceptors (Lipinski definition) is 3. The number of ether oxygens (including phenoxy) is 1. The molecule has 0 radical (unpaired) electrons. The second kappa shape index (κ2) is 7.73. The fourth-order valence-corrected chi connectivity index (χ4v) is 2.59. The Kier molecular flexibility index (Phi) is 5.95. The zero-order chi connectivity index (χ0) is 13.5. The molecule has 1 aromatic rings. The van der Waals surface area contributed by atoms with Gasteiger partial charge < -0.3 is 10.1 Å². The van der Waals surface area contributed by atoms with Gasteiger partial charge in [0.25, 0.3) is 0 Å². The molecule has 2 rings (SSSR count). The first-order chi connectivity index (χ1) is 9.29. The molecule has 4 heteroatoms. The van der Waals surface area contributed by atoms with Crippen LogP contribution in [0, 0.1) is 0 Å². The van der Waals surface area contributed by atoms with Crippen LogP contribution in [0.4, 0.5) is 0 Å². The number of nitrogens with zero attached hydrogens (tertiary/aromatic N) is 1. The third kappa shape index (κ3) is 4.68. The molecular formula is C15H23ClN2O. The molecule has 0 bridgehead atoms. The van der Waals surface area contributed by atoms with Gasteiger partial charge in [0.05, 0.1) is 5.02 Å². The lowest BCUT2D eigenvalue weighted by molar-refractivity contribution is 0.238. The van der Waals surface area contributed by atoms with Crippen LogP contribution in [0.15, 0.2) is 18.2 Å². The molecule has 3 nitrogen and oxygen atoms in total. The van der Waals surface area contributed by atoms with Crippen LogP contribution in [-0.2, 0) is 6.54 Å². The van der Waals surface area contributed by atoms with Gasteiger partial charge in [0.2, 0.25) is 0 Å². The number of rotatable bonds is 7. The Bertz CT molecular complexity index is 392. The van der Waals surface area contributed by atoms with Gasteiger partial charge in [0, 0.05) is 13.1 Å². The standard InChI is InChI=1S/C15H23ClN2O/c1-2-17-12-13-5-6-15(14(16)11-13)19-10-9-18-7-3-4-8-18/h5-6,11,17H,2-4,7-10,12H2,1H3. The van der Waals surface area contributed by atoms with Crippen LogP contribution in [0.2, 0.25) is 5.02 Å². The first-order valence-electron chi connectivity index (χ1n) is 7.14. The zero-order valence-corrected chi connectivity index (χ0v) is 12.4. The van der Waals surface area contributed by atoms with Crippen LogP contribution in [0.3, 0.4) is 0 Å². The Morgan fingerprint density at radius 3 is 2.79 bits per heavy atom. The summed E-state index contributed by atoms with van der Waals surface area (Å²) in [5.74, 6) is 0.793. The van der Waals surface area contributed by atoms with Gasteiger partial charge in [-0.2, -0.15) is 0 Å². The molecule has 0 spiro atoms. The molecular weight excluding hydrogens is 260 g/mol. The summed E-state index contributed by atoms with van der Waals surface area (Å²) < 4.78 is 5.76. The van der Waals surface area contributed by atoms with Crippen LogP contribution >= 0.6 is 11.6 Å². The van der Waals surface area contributed by atoms with Crippen molar-refractivity contribution in [3.8, 4) is 5.75 Å². The van der Waals surface area contributed by atoms with Crippen LogP contribution in [-0.4, -0.2) is 37.7 Å². The quantitative estimate of drug-likeness (QED) is 0.832. The number of hydrogen-bond donors (Lipinski definition) is 1. The van der Waals surface area contributed by atoms with Crippen molar-refractivity contribution in [2.24, 2.45) is 0 Å². The second-order valence-corrected chi connectivity index (χ2v) is 5.35. The van der Waals surface area contributed by atoms with E-state index >= 15 is 0 Å². The highest BCUT2D eigenvalue weighted by Crippen LogP contribution is 2.25. The maximum atomic E-state index is 6.24. The highest BCUT2D eigenvalue weighted by Gasteiger charge is 2.11. The summed E-state index contributed by atoms with van der Waals surface area (Å²) in [5.41, 5.74) is 1.19. The van der Waals surface area contributed by atoms with E-state index in [4.69, 9.17) is 16.3 Å². The molecule has 0 unspecified atom stereocenters. The summed E-state index contributed by atoms with van der Waals surface area (Å²) >= 11 is 6.24. The maximum absolute atomic E-state index is 6.24. The van der Waals surface area contributed by atoms with Gasteiger partial charge >= 0.3 is 0 Å². The number of likely N-dealkylation sites (tertiary alicyclic amines) is 1. The number of nitrogens with one attached hydrogen (secondary N) is 1. The van der Waals surface area contributed by atoms with Crippen molar-refractivity contribution in [1.29, 1.82) is 0 Å². The fourth-order valence-electron chi connectivity index (χ4n) is 2.33. The predicted molar refractivity (Wildman–Crippen MR) is 80.0 cm³/mol. The first-order valence-corrected chi connectivity index (χ1v) is 7.51. The fraction of sp³-hybridized carbons (Fsp3) is 0.600. The van der Waals surface area contributed by atoms with Crippen LogP contribution < -0.4 is 10.1 Å². The van der Waals surface area contributed by atoms with E-state index in [0.29, 0.717) is 11.6 Å². The molecule has 1 aliphatic heterocycles. The summed E-state index contributed by atoms with van der Waals surface area (Å²) in [7, 11) is 0. The maximum Gasteiger partial charge on any atom is 0.137 e. The van der Waals surface area contributed by atoms with E-state index in [0.717, 1.165) is 25.4 Å². The smallest absolute Gasteiger partial charge is 0.137 e. The molecule has 1 fully saturated rings. The molecule has 0 amide bonds. The topological polar surface area (TPSA) is 24.5 Å². The monoisotopic (exact) mass is 282 g/mol. The Morgan fingerprint density at radius 1 is 1.32 bits per heavy atom. The van der Waals surface area contributed by atoms with E-state index in [1.54, 1.807) is 0 Å². The summed E-state index contributed by atoms with van der Waals surface area (Å²) in [5, 5.41) is 3.99. The van der Waals surface area contributed by atoms with Crippen molar-refractivity contribution in [2.75, 3.05) is 32.8 Å². The highest BCUT2D eigenvalue weighted by molar-refractivity contribution is 6.32. The van der Waals surface area contributed by atoms with Crippen molar-refractivity contribution in [3.63, 3.8) is 0 Å². The molecule has 106 valence electrons. The molecule has 19 heavy (non-hydrogen) atoms. The lowest BCUT2D eigenvalue weighted by Crippen LogP contribution is -2.25. The third-order valence-corrected chi connectivity index (χ3v) is 3.73. The summed E-state index contributed by atoms with van der Waals surface area (Å²) in [4.78, 5) is 2.44. The van der Waals surface area contributed by atoms with Gasteiger partial charge in [-0.15, -0.1) is 0 Å².